The van der Waals surface area contributed by atoms with Gasteiger partial charge in [-0.05, 0) is 12.8 Å². The second kappa shape index (κ2) is 10.7. The minimum absolute atomic E-state index is 0.0243. The molecule has 0 N–H and O–H groups in total. The van der Waals surface area contributed by atoms with Crippen molar-refractivity contribution in [1.82, 2.24) is 0 Å². The third-order valence-electron chi connectivity index (χ3n) is 2.09. The molecule has 0 saturated carbocycles. The molecule has 0 radical (unpaired) electrons. The van der Waals surface area contributed by atoms with Gasteiger partial charge in [0.1, 0.15) is 0 Å². The number of carbonyl (C=O) groups is 4. The number of ether oxygens (including phenoxy) is 2. The first-order valence-electron chi connectivity index (χ1n) is 6.18. The molecule has 6 heteroatoms. The van der Waals surface area contributed by atoms with Gasteiger partial charge in [-0.25, -0.2) is 0 Å². The Morgan fingerprint density at radius 2 is 1.05 bits per heavy atom. The van der Waals surface area contributed by atoms with E-state index in [1.807, 2.05) is 0 Å². The summed E-state index contributed by atoms with van der Waals surface area (Å²) >= 11 is 0. The predicted octanol–water partition coefficient (Wildman–Crippen LogP) is 1.84. The van der Waals surface area contributed by atoms with Gasteiger partial charge in [0.25, 0.3) is 0 Å². The molecule has 0 spiro atoms. The van der Waals surface area contributed by atoms with Gasteiger partial charge in [0.05, 0.1) is 12.8 Å². The molecule has 0 aromatic heterocycles. The van der Waals surface area contributed by atoms with Crippen LogP contribution >= 0.6 is 0 Å². The summed E-state index contributed by atoms with van der Waals surface area (Å²) in [5, 5.41) is 0. The van der Waals surface area contributed by atoms with Crippen LogP contribution in [0.2, 0.25) is 0 Å². The summed E-state index contributed by atoms with van der Waals surface area (Å²) < 4.78 is 8.93. The van der Waals surface area contributed by atoms with Gasteiger partial charge in [-0.15, -0.1) is 13.2 Å². The molecule has 0 amide bonds. The van der Waals surface area contributed by atoms with Crippen LogP contribution in [-0.2, 0) is 28.7 Å². The second-order valence-corrected chi connectivity index (χ2v) is 3.88. The number of unbranched alkanes of at least 4 members (excludes halogenated alkanes) is 1. The van der Waals surface area contributed by atoms with Crippen LogP contribution in [0.15, 0.2) is 25.3 Å². The van der Waals surface area contributed by atoms with E-state index in [4.69, 9.17) is 0 Å². The van der Waals surface area contributed by atoms with Crippen LogP contribution in [0.25, 0.3) is 0 Å². The summed E-state index contributed by atoms with van der Waals surface area (Å²) in [6.07, 6.45) is 3.41. The molecule has 0 fully saturated rings. The van der Waals surface area contributed by atoms with Gasteiger partial charge in [0, 0.05) is 12.8 Å². The fourth-order valence-electron chi connectivity index (χ4n) is 1.21. The van der Waals surface area contributed by atoms with E-state index in [1.165, 1.54) is 12.2 Å². The first kappa shape index (κ1) is 17.8. The number of esters is 4. The molecule has 0 aliphatic carbocycles. The average Bonchev–Trinajstić information content (AvgIpc) is 2.35. The van der Waals surface area contributed by atoms with Crippen molar-refractivity contribution in [2.75, 3.05) is 0 Å². The van der Waals surface area contributed by atoms with Crippen LogP contribution in [0.3, 0.4) is 0 Å². The summed E-state index contributed by atoms with van der Waals surface area (Å²) in [5.41, 5.74) is 0. The van der Waals surface area contributed by atoms with E-state index < -0.39 is 23.9 Å². The van der Waals surface area contributed by atoms with Crippen molar-refractivity contribution in [3.63, 3.8) is 0 Å². The Balaban J connectivity index is 3.70. The van der Waals surface area contributed by atoms with Crippen molar-refractivity contribution < 1.29 is 28.7 Å². The van der Waals surface area contributed by atoms with E-state index in [2.05, 4.69) is 22.6 Å². The Kier molecular flexibility index (Phi) is 9.47. The molecule has 0 aliphatic rings. The summed E-state index contributed by atoms with van der Waals surface area (Å²) in [6, 6.07) is 0. The van der Waals surface area contributed by atoms with Crippen LogP contribution in [0, 0.1) is 0 Å². The highest BCUT2D eigenvalue weighted by Crippen LogP contribution is 2.04. The molecule has 20 heavy (non-hydrogen) atoms. The molecular formula is C14H18O6. The second-order valence-electron chi connectivity index (χ2n) is 3.88. The monoisotopic (exact) mass is 282 g/mol. The van der Waals surface area contributed by atoms with Gasteiger partial charge in [-0.3, -0.25) is 19.2 Å². The highest BCUT2D eigenvalue weighted by molar-refractivity contribution is 5.86. The lowest BCUT2D eigenvalue weighted by molar-refractivity contribution is -0.161. The third kappa shape index (κ3) is 9.76. The normalized spacial score (nSPS) is 9.40. The van der Waals surface area contributed by atoms with Gasteiger partial charge in [0.15, 0.2) is 0 Å². The minimum atomic E-state index is -0.653. The quantitative estimate of drug-likeness (QED) is 0.277. The van der Waals surface area contributed by atoms with Crippen molar-refractivity contribution in [1.29, 1.82) is 0 Å². The van der Waals surface area contributed by atoms with Crippen LogP contribution in [0.5, 0.6) is 0 Å². The lowest BCUT2D eigenvalue weighted by Crippen LogP contribution is -2.12. The molecule has 110 valence electrons. The lowest BCUT2D eigenvalue weighted by Gasteiger charge is -2.02. The van der Waals surface area contributed by atoms with Crippen molar-refractivity contribution in [3.8, 4) is 0 Å². The van der Waals surface area contributed by atoms with E-state index in [9.17, 15) is 19.2 Å². The molecule has 0 unspecified atom stereocenters. The number of rotatable bonds is 9. The van der Waals surface area contributed by atoms with Crippen LogP contribution in [0.4, 0.5) is 0 Å². The maximum absolute atomic E-state index is 11.2. The molecule has 0 heterocycles. The molecule has 6 nitrogen and oxygen atoms in total. The van der Waals surface area contributed by atoms with Gasteiger partial charge in [0.2, 0.25) is 0 Å². The number of carbonyl (C=O) groups excluding carboxylic acids is 4. The molecule has 0 atom stereocenters. The highest BCUT2D eigenvalue weighted by Gasteiger charge is 2.11. The molecule has 0 aromatic rings. The Morgan fingerprint density at radius 1 is 0.700 bits per heavy atom. The zero-order valence-electron chi connectivity index (χ0n) is 11.3. The zero-order chi connectivity index (χ0) is 15.4. The fraction of sp³-hybridized carbons (Fsp3) is 0.429. The first-order valence-corrected chi connectivity index (χ1v) is 6.18. The van der Waals surface area contributed by atoms with E-state index in [0.717, 1.165) is 0 Å². The summed E-state index contributed by atoms with van der Waals surface area (Å²) in [6.45, 7) is 6.68. The lowest BCUT2D eigenvalue weighted by atomic mass is 10.2. The predicted molar refractivity (Wildman–Crippen MR) is 70.3 cm³/mol. The van der Waals surface area contributed by atoms with Gasteiger partial charge in [-0.1, -0.05) is 12.2 Å². The Hall–Kier alpha value is -2.24. The van der Waals surface area contributed by atoms with Crippen molar-refractivity contribution in [2.45, 2.75) is 38.5 Å². The third-order valence-corrected chi connectivity index (χ3v) is 2.09. The Bertz CT molecular complexity index is 358. The van der Waals surface area contributed by atoms with E-state index >= 15 is 0 Å². The molecule has 0 aromatic carbocycles. The Morgan fingerprint density at radius 3 is 1.35 bits per heavy atom. The van der Waals surface area contributed by atoms with E-state index in [1.54, 1.807) is 0 Å². The fourth-order valence-corrected chi connectivity index (χ4v) is 1.21. The maximum atomic E-state index is 11.2. The van der Waals surface area contributed by atoms with Crippen molar-refractivity contribution >= 4 is 23.9 Å². The van der Waals surface area contributed by atoms with Gasteiger partial charge >= 0.3 is 23.9 Å². The van der Waals surface area contributed by atoms with Gasteiger partial charge in [-0.2, -0.15) is 0 Å². The standard InChI is InChI=1S/C14H18O6/c1-3-7-11(15)19-13(17)9-5-6-10-14(18)20-12(16)8-4-2/h3-4H,1-2,5-10H2. The number of hydrogen-bond donors (Lipinski definition) is 0. The first-order chi connectivity index (χ1) is 9.49. The average molecular weight is 282 g/mol. The summed E-state index contributed by atoms with van der Waals surface area (Å²) in [7, 11) is 0. The topological polar surface area (TPSA) is 86.7 Å². The molecule has 0 bridgehead atoms. The molecule has 0 aliphatic heterocycles. The zero-order valence-corrected chi connectivity index (χ0v) is 11.3. The van der Waals surface area contributed by atoms with E-state index in [0.29, 0.717) is 12.8 Å². The largest absolute Gasteiger partial charge is 0.393 e. The van der Waals surface area contributed by atoms with Crippen molar-refractivity contribution in [2.24, 2.45) is 0 Å². The highest BCUT2D eigenvalue weighted by atomic mass is 16.6. The smallest absolute Gasteiger partial charge is 0.317 e. The van der Waals surface area contributed by atoms with Crippen molar-refractivity contribution in [3.05, 3.63) is 25.3 Å². The minimum Gasteiger partial charge on any atom is -0.393 e. The maximum Gasteiger partial charge on any atom is 0.317 e. The summed E-state index contributed by atoms with van der Waals surface area (Å²) in [5.74, 6) is -2.60. The molecule has 0 rings (SSSR count). The van der Waals surface area contributed by atoms with Crippen LogP contribution < -0.4 is 0 Å². The van der Waals surface area contributed by atoms with E-state index in [-0.39, 0.29) is 25.7 Å². The number of hydrogen-bond acceptors (Lipinski definition) is 6. The summed E-state index contributed by atoms with van der Waals surface area (Å²) in [4.78, 5) is 44.2. The van der Waals surface area contributed by atoms with Gasteiger partial charge < -0.3 is 9.47 Å². The van der Waals surface area contributed by atoms with Crippen LogP contribution in [0.1, 0.15) is 38.5 Å². The van der Waals surface area contributed by atoms with Crippen LogP contribution in [-0.4, -0.2) is 23.9 Å². The SMILES string of the molecule is C=CCC(=O)OC(=O)CCCCC(=O)OC(=O)CC=C. The molecule has 0 saturated heterocycles. The Labute approximate surface area is 117 Å². The molecular weight excluding hydrogens is 264 g/mol.